The highest BCUT2D eigenvalue weighted by molar-refractivity contribution is 5.52. The molecular weight excluding hydrogens is 280 g/mol. The molecule has 6 heteroatoms. The molecule has 1 fully saturated rings. The van der Waals surface area contributed by atoms with Gasteiger partial charge in [0.1, 0.15) is 6.61 Å². The van der Waals surface area contributed by atoms with E-state index in [-0.39, 0.29) is 0 Å². The third kappa shape index (κ3) is 5.27. The summed E-state index contributed by atoms with van der Waals surface area (Å²) < 4.78 is 11.2. The summed E-state index contributed by atoms with van der Waals surface area (Å²) >= 11 is 0. The van der Waals surface area contributed by atoms with Gasteiger partial charge in [-0.05, 0) is 12.5 Å². The molecular formula is C16H26N4O2. The Morgan fingerprint density at radius 3 is 3.00 bits per heavy atom. The van der Waals surface area contributed by atoms with Gasteiger partial charge < -0.3 is 14.8 Å². The lowest BCUT2D eigenvalue weighted by Gasteiger charge is -2.26. The first-order valence-corrected chi connectivity index (χ1v) is 7.99. The van der Waals surface area contributed by atoms with Crippen molar-refractivity contribution in [1.82, 2.24) is 14.9 Å². The average Bonchev–Trinajstić information content (AvgIpc) is 2.57. The van der Waals surface area contributed by atoms with Gasteiger partial charge in [-0.2, -0.15) is 0 Å². The Bertz CT molecular complexity index is 461. The van der Waals surface area contributed by atoms with Crippen LogP contribution in [0.1, 0.15) is 25.6 Å². The lowest BCUT2D eigenvalue weighted by atomic mass is 10.3. The second-order valence-electron chi connectivity index (χ2n) is 5.23. The number of hydrogen-bond donors (Lipinski definition) is 1. The van der Waals surface area contributed by atoms with Crippen LogP contribution < -0.4 is 10.1 Å². The van der Waals surface area contributed by atoms with E-state index in [0.29, 0.717) is 18.2 Å². The average molecular weight is 306 g/mol. The molecule has 6 nitrogen and oxygen atoms in total. The summed E-state index contributed by atoms with van der Waals surface area (Å²) in [7, 11) is 0. The van der Waals surface area contributed by atoms with Gasteiger partial charge in [-0.15, -0.1) is 0 Å². The monoisotopic (exact) mass is 306 g/mol. The number of hydrogen-bond acceptors (Lipinski definition) is 6. The van der Waals surface area contributed by atoms with Crippen LogP contribution in [-0.2, 0) is 4.74 Å². The van der Waals surface area contributed by atoms with Crippen molar-refractivity contribution < 1.29 is 9.47 Å². The third-order valence-corrected chi connectivity index (χ3v) is 3.55. The number of anilines is 1. The molecule has 1 aliphatic heterocycles. The quantitative estimate of drug-likeness (QED) is 0.705. The summed E-state index contributed by atoms with van der Waals surface area (Å²) in [6, 6.07) is 0. The van der Waals surface area contributed by atoms with Gasteiger partial charge in [-0.1, -0.05) is 19.9 Å². The van der Waals surface area contributed by atoms with Gasteiger partial charge in [0.05, 0.1) is 19.4 Å². The summed E-state index contributed by atoms with van der Waals surface area (Å²) in [6.07, 6.45) is 5.60. The lowest BCUT2D eigenvalue weighted by Crippen LogP contribution is -2.38. The van der Waals surface area contributed by atoms with Crippen LogP contribution in [0.4, 0.5) is 5.82 Å². The molecule has 1 aromatic rings. The molecule has 0 saturated carbocycles. The van der Waals surface area contributed by atoms with Crippen molar-refractivity contribution in [3.05, 3.63) is 18.6 Å². The van der Waals surface area contributed by atoms with Gasteiger partial charge in [0.25, 0.3) is 0 Å². The van der Waals surface area contributed by atoms with Crippen LogP contribution in [0.5, 0.6) is 5.75 Å². The first kappa shape index (κ1) is 16.7. The topological polar surface area (TPSA) is 59.5 Å². The number of nitrogens with one attached hydrogen (secondary N) is 1. The molecule has 122 valence electrons. The van der Waals surface area contributed by atoms with E-state index in [0.717, 1.165) is 58.1 Å². The molecule has 1 N–H and O–H groups in total. The van der Waals surface area contributed by atoms with Gasteiger partial charge in [0.2, 0.25) is 0 Å². The minimum absolute atomic E-state index is 0.611. The summed E-state index contributed by atoms with van der Waals surface area (Å²) in [6.45, 7) is 11.8. The first-order valence-electron chi connectivity index (χ1n) is 7.99. The van der Waals surface area contributed by atoms with E-state index >= 15 is 0 Å². The smallest absolute Gasteiger partial charge is 0.179 e. The van der Waals surface area contributed by atoms with Crippen molar-refractivity contribution in [2.75, 3.05) is 51.3 Å². The van der Waals surface area contributed by atoms with Crippen molar-refractivity contribution >= 4 is 11.9 Å². The van der Waals surface area contributed by atoms with Crippen LogP contribution in [0.25, 0.3) is 6.08 Å². The fourth-order valence-corrected chi connectivity index (χ4v) is 2.21. The molecule has 0 spiro atoms. The Morgan fingerprint density at radius 1 is 1.45 bits per heavy atom. The van der Waals surface area contributed by atoms with Crippen LogP contribution >= 0.6 is 0 Å². The third-order valence-electron chi connectivity index (χ3n) is 3.55. The Kier molecular flexibility index (Phi) is 7.12. The van der Waals surface area contributed by atoms with Crippen LogP contribution in [0.2, 0.25) is 0 Å². The van der Waals surface area contributed by atoms with E-state index in [9.17, 15) is 0 Å². The second kappa shape index (κ2) is 9.38. The number of rotatable bonds is 9. The molecule has 22 heavy (non-hydrogen) atoms. The fourth-order valence-electron chi connectivity index (χ4n) is 2.21. The summed E-state index contributed by atoms with van der Waals surface area (Å²) in [5.74, 6) is 2.06. The number of unbranched alkanes of at least 4 members (excludes halogenated alkanes) is 1. The molecule has 1 aliphatic rings. The van der Waals surface area contributed by atoms with E-state index in [1.165, 1.54) is 0 Å². The largest absolute Gasteiger partial charge is 0.487 e. The SMILES string of the molecule is C=Cc1ncc(OCCN2CCOCC2)c(NCCCC)n1. The van der Waals surface area contributed by atoms with E-state index in [4.69, 9.17) is 9.47 Å². The van der Waals surface area contributed by atoms with E-state index in [1.807, 2.05) is 0 Å². The second-order valence-corrected chi connectivity index (χ2v) is 5.23. The number of morpholine rings is 1. The van der Waals surface area contributed by atoms with Gasteiger partial charge in [-0.25, -0.2) is 9.97 Å². The number of aromatic nitrogens is 2. The molecule has 2 rings (SSSR count). The maximum atomic E-state index is 5.87. The number of nitrogens with zero attached hydrogens (tertiary/aromatic N) is 3. The van der Waals surface area contributed by atoms with Crippen LogP contribution in [0.3, 0.4) is 0 Å². The zero-order chi connectivity index (χ0) is 15.6. The van der Waals surface area contributed by atoms with Crippen molar-refractivity contribution in [3.8, 4) is 5.75 Å². The molecule has 0 aliphatic carbocycles. The molecule has 0 radical (unpaired) electrons. The Morgan fingerprint density at radius 2 is 2.27 bits per heavy atom. The standard InChI is InChI=1S/C16H26N4O2/c1-3-5-6-17-16-14(13-18-15(4-2)19-16)22-12-9-20-7-10-21-11-8-20/h4,13H,2-3,5-12H2,1H3,(H,17,18,19). The van der Waals surface area contributed by atoms with E-state index in [2.05, 4.69) is 33.7 Å². The predicted molar refractivity (Wildman–Crippen MR) is 88.3 cm³/mol. The lowest BCUT2D eigenvalue weighted by molar-refractivity contribution is 0.0322. The van der Waals surface area contributed by atoms with Gasteiger partial charge >= 0.3 is 0 Å². The molecule has 0 unspecified atom stereocenters. The Labute approximate surface area is 132 Å². The zero-order valence-corrected chi connectivity index (χ0v) is 13.4. The molecule has 1 aromatic heterocycles. The van der Waals surface area contributed by atoms with Crippen LogP contribution in [0, 0.1) is 0 Å². The molecule has 0 amide bonds. The van der Waals surface area contributed by atoms with E-state index in [1.54, 1.807) is 12.3 Å². The van der Waals surface area contributed by atoms with Gasteiger partial charge in [0.15, 0.2) is 17.4 Å². The van der Waals surface area contributed by atoms with Crippen molar-refractivity contribution in [3.63, 3.8) is 0 Å². The van der Waals surface area contributed by atoms with Crippen molar-refractivity contribution in [2.24, 2.45) is 0 Å². The molecule has 0 bridgehead atoms. The normalized spacial score (nSPS) is 15.5. The van der Waals surface area contributed by atoms with Crippen molar-refractivity contribution in [1.29, 1.82) is 0 Å². The summed E-state index contributed by atoms with van der Waals surface area (Å²) in [4.78, 5) is 11.0. The minimum Gasteiger partial charge on any atom is -0.487 e. The summed E-state index contributed by atoms with van der Waals surface area (Å²) in [5, 5.41) is 3.32. The zero-order valence-electron chi connectivity index (χ0n) is 13.4. The van der Waals surface area contributed by atoms with Gasteiger partial charge in [-0.3, -0.25) is 4.90 Å². The van der Waals surface area contributed by atoms with Crippen LogP contribution in [0.15, 0.2) is 12.8 Å². The fraction of sp³-hybridized carbons (Fsp3) is 0.625. The summed E-state index contributed by atoms with van der Waals surface area (Å²) in [5.41, 5.74) is 0. The Hall–Kier alpha value is -1.66. The van der Waals surface area contributed by atoms with E-state index < -0.39 is 0 Å². The van der Waals surface area contributed by atoms with Crippen molar-refractivity contribution in [2.45, 2.75) is 19.8 Å². The highest BCUT2D eigenvalue weighted by Gasteiger charge is 2.11. The number of ether oxygens (including phenoxy) is 2. The maximum absolute atomic E-state index is 5.87. The Balaban J connectivity index is 1.88. The minimum atomic E-state index is 0.611. The molecule has 0 aromatic carbocycles. The van der Waals surface area contributed by atoms with Crippen LogP contribution in [-0.4, -0.2) is 60.9 Å². The highest BCUT2D eigenvalue weighted by Crippen LogP contribution is 2.21. The molecule has 0 atom stereocenters. The molecule has 1 saturated heterocycles. The first-order chi connectivity index (χ1) is 10.8. The molecule has 2 heterocycles. The highest BCUT2D eigenvalue weighted by atomic mass is 16.5. The maximum Gasteiger partial charge on any atom is 0.179 e. The van der Waals surface area contributed by atoms with Gasteiger partial charge in [0, 0.05) is 26.2 Å². The predicted octanol–water partition coefficient (Wildman–Crippen LogP) is 2.04.